The fourth-order valence-electron chi connectivity index (χ4n) is 2.25. The minimum Gasteiger partial charge on any atom is -0.379 e. The lowest BCUT2D eigenvalue weighted by Crippen LogP contribution is -2.39. The van der Waals surface area contributed by atoms with Crippen molar-refractivity contribution in [3.8, 4) is 0 Å². The lowest BCUT2D eigenvalue weighted by atomic mass is 10.4. The summed E-state index contributed by atoms with van der Waals surface area (Å²) >= 11 is 0. The van der Waals surface area contributed by atoms with Crippen molar-refractivity contribution in [1.29, 1.82) is 0 Å². The van der Waals surface area contributed by atoms with E-state index in [9.17, 15) is 0 Å². The number of aromatic nitrogens is 2. The topological polar surface area (TPSA) is 42.3 Å². The Kier molecular flexibility index (Phi) is 3.29. The number of anilines is 1. The zero-order valence-corrected chi connectivity index (χ0v) is 10.1. The molecule has 5 nitrogen and oxygen atoms in total. The number of rotatable bonds is 5. The molecule has 2 fully saturated rings. The Morgan fingerprint density at radius 1 is 1.35 bits per heavy atom. The molecule has 0 amide bonds. The van der Waals surface area contributed by atoms with Gasteiger partial charge < -0.3 is 14.6 Å². The van der Waals surface area contributed by atoms with Gasteiger partial charge >= 0.3 is 0 Å². The molecule has 0 spiro atoms. The zero-order valence-electron chi connectivity index (χ0n) is 10.1. The Balaban J connectivity index is 1.45. The Morgan fingerprint density at radius 3 is 2.94 bits per heavy atom. The zero-order chi connectivity index (χ0) is 11.5. The van der Waals surface area contributed by atoms with Crippen molar-refractivity contribution < 1.29 is 4.74 Å². The van der Waals surface area contributed by atoms with Gasteiger partial charge in [0.05, 0.1) is 13.2 Å². The molecular weight excluding hydrogens is 216 g/mol. The van der Waals surface area contributed by atoms with Gasteiger partial charge in [0.25, 0.3) is 0 Å². The lowest BCUT2D eigenvalue weighted by molar-refractivity contribution is 0.0398. The first-order valence-corrected chi connectivity index (χ1v) is 6.50. The van der Waals surface area contributed by atoms with Gasteiger partial charge in [0.1, 0.15) is 0 Å². The van der Waals surface area contributed by atoms with Gasteiger partial charge in [0.15, 0.2) is 0 Å². The summed E-state index contributed by atoms with van der Waals surface area (Å²) in [4.78, 5) is 6.80. The van der Waals surface area contributed by atoms with Crippen LogP contribution in [0, 0.1) is 0 Å². The predicted molar refractivity (Wildman–Crippen MR) is 66.2 cm³/mol. The summed E-state index contributed by atoms with van der Waals surface area (Å²) in [6.45, 7) is 5.88. The van der Waals surface area contributed by atoms with Crippen molar-refractivity contribution in [3.05, 3.63) is 12.4 Å². The molecule has 0 atom stereocenters. The largest absolute Gasteiger partial charge is 0.379 e. The molecule has 0 bridgehead atoms. The second-order valence-electron chi connectivity index (χ2n) is 4.77. The summed E-state index contributed by atoms with van der Waals surface area (Å²) in [7, 11) is 0. The van der Waals surface area contributed by atoms with Crippen LogP contribution < -0.4 is 5.32 Å². The molecule has 0 aromatic carbocycles. The molecule has 1 saturated heterocycles. The molecule has 0 radical (unpaired) electrons. The van der Waals surface area contributed by atoms with Crippen LogP contribution in [0.5, 0.6) is 0 Å². The number of hydrogen-bond acceptors (Lipinski definition) is 4. The van der Waals surface area contributed by atoms with Crippen LogP contribution >= 0.6 is 0 Å². The highest BCUT2D eigenvalue weighted by Crippen LogP contribution is 2.36. The normalized spacial score (nSPS) is 21.6. The minimum atomic E-state index is 0.698. The number of nitrogens with zero attached hydrogens (tertiary/aromatic N) is 3. The Hall–Kier alpha value is -1.07. The number of ether oxygens (including phenoxy) is 1. The van der Waals surface area contributed by atoms with E-state index in [-0.39, 0.29) is 0 Å². The van der Waals surface area contributed by atoms with Crippen LogP contribution in [-0.4, -0.2) is 53.8 Å². The van der Waals surface area contributed by atoms with E-state index >= 15 is 0 Å². The van der Waals surface area contributed by atoms with Crippen molar-refractivity contribution in [1.82, 2.24) is 14.5 Å². The molecule has 17 heavy (non-hydrogen) atoms. The van der Waals surface area contributed by atoms with Crippen LogP contribution in [0.25, 0.3) is 0 Å². The van der Waals surface area contributed by atoms with Crippen molar-refractivity contribution in [2.75, 3.05) is 44.7 Å². The molecule has 3 rings (SSSR count). The number of morpholine rings is 1. The molecule has 1 aromatic heterocycles. The highest BCUT2D eigenvalue weighted by atomic mass is 16.5. The fourth-order valence-corrected chi connectivity index (χ4v) is 2.25. The number of hydrogen-bond donors (Lipinski definition) is 1. The van der Waals surface area contributed by atoms with E-state index in [4.69, 9.17) is 4.74 Å². The van der Waals surface area contributed by atoms with Crippen molar-refractivity contribution in [3.63, 3.8) is 0 Å². The Morgan fingerprint density at radius 2 is 2.18 bits per heavy atom. The van der Waals surface area contributed by atoms with Gasteiger partial charge in [-0.05, 0) is 12.8 Å². The summed E-state index contributed by atoms with van der Waals surface area (Å²) < 4.78 is 7.60. The average Bonchev–Trinajstić information content (AvgIpc) is 3.11. The lowest BCUT2D eigenvalue weighted by Gasteiger charge is -2.26. The van der Waals surface area contributed by atoms with Gasteiger partial charge in [0.2, 0.25) is 5.95 Å². The summed E-state index contributed by atoms with van der Waals surface area (Å²) in [5.74, 6) is 1.03. The molecule has 1 aromatic rings. The number of imidazole rings is 1. The Bertz CT molecular complexity index is 355. The van der Waals surface area contributed by atoms with E-state index in [1.165, 1.54) is 12.8 Å². The van der Waals surface area contributed by atoms with Gasteiger partial charge in [-0.15, -0.1) is 0 Å². The third-order valence-electron chi connectivity index (χ3n) is 3.42. The van der Waals surface area contributed by atoms with E-state index in [1.807, 2.05) is 6.20 Å². The first-order chi connectivity index (χ1) is 8.43. The van der Waals surface area contributed by atoms with E-state index in [0.717, 1.165) is 45.3 Å². The maximum atomic E-state index is 5.33. The van der Waals surface area contributed by atoms with Gasteiger partial charge in [-0.2, -0.15) is 0 Å². The molecule has 1 aliphatic heterocycles. The van der Waals surface area contributed by atoms with Crippen molar-refractivity contribution >= 4 is 5.95 Å². The molecule has 5 heteroatoms. The van der Waals surface area contributed by atoms with Crippen LogP contribution in [0.15, 0.2) is 12.4 Å². The first-order valence-electron chi connectivity index (χ1n) is 6.50. The second kappa shape index (κ2) is 5.06. The summed E-state index contributed by atoms with van der Waals surface area (Å²) in [5, 5.41) is 3.43. The van der Waals surface area contributed by atoms with Gasteiger partial charge in [-0.3, -0.25) is 4.90 Å². The molecule has 94 valence electrons. The summed E-state index contributed by atoms with van der Waals surface area (Å²) in [6.07, 6.45) is 6.56. The molecule has 2 aliphatic rings. The van der Waals surface area contributed by atoms with E-state index < -0.39 is 0 Å². The molecule has 1 saturated carbocycles. The second-order valence-corrected chi connectivity index (χ2v) is 4.77. The minimum absolute atomic E-state index is 0.698. The molecule has 1 N–H and O–H groups in total. The highest BCUT2D eigenvalue weighted by Gasteiger charge is 2.25. The maximum Gasteiger partial charge on any atom is 0.203 e. The third-order valence-corrected chi connectivity index (χ3v) is 3.42. The van der Waals surface area contributed by atoms with Crippen LogP contribution in [0.4, 0.5) is 5.95 Å². The molecule has 2 heterocycles. The SMILES string of the molecule is c1cn(C2CC2)c(NCCN2CCOCC2)n1. The number of nitrogens with one attached hydrogen (secondary N) is 1. The molecular formula is C12H20N4O. The van der Waals surface area contributed by atoms with Crippen LogP contribution in [0.1, 0.15) is 18.9 Å². The molecule has 0 unspecified atom stereocenters. The van der Waals surface area contributed by atoms with Crippen LogP contribution in [0.2, 0.25) is 0 Å². The highest BCUT2D eigenvalue weighted by molar-refractivity contribution is 5.27. The predicted octanol–water partition coefficient (Wildman–Crippen LogP) is 0.962. The van der Waals surface area contributed by atoms with Gasteiger partial charge in [-0.1, -0.05) is 0 Å². The molecule has 1 aliphatic carbocycles. The van der Waals surface area contributed by atoms with Gasteiger partial charge in [-0.25, -0.2) is 4.98 Å². The monoisotopic (exact) mass is 236 g/mol. The summed E-state index contributed by atoms with van der Waals surface area (Å²) in [5.41, 5.74) is 0. The quantitative estimate of drug-likeness (QED) is 0.827. The first kappa shape index (κ1) is 11.0. The fraction of sp³-hybridized carbons (Fsp3) is 0.750. The van der Waals surface area contributed by atoms with E-state index in [1.54, 1.807) is 0 Å². The Labute approximate surface area is 102 Å². The van der Waals surface area contributed by atoms with Gasteiger partial charge in [0, 0.05) is 44.6 Å². The third kappa shape index (κ3) is 2.79. The van der Waals surface area contributed by atoms with Crippen LogP contribution in [-0.2, 0) is 4.74 Å². The van der Waals surface area contributed by atoms with Crippen molar-refractivity contribution in [2.45, 2.75) is 18.9 Å². The van der Waals surface area contributed by atoms with Crippen LogP contribution in [0.3, 0.4) is 0 Å². The van der Waals surface area contributed by atoms with E-state index in [2.05, 4.69) is 26.0 Å². The van der Waals surface area contributed by atoms with Crippen molar-refractivity contribution in [2.24, 2.45) is 0 Å². The maximum absolute atomic E-state index is 5.33. The standard InChI is InChI=1S/C12H20N4O/c1-2-11(1)16-6-4-14-12(16)13-3-5-15-7-9-17-10-8-15/h4,6,11H,1-3,5,7-10H2,(H,13,14). The van der Waals surface area contributed by atoms with E-state index in [0.29, 0.717) is 6.04 Å². The summed E-state index contributed by atoms with van der Waals surface area (Å²) in [6, 6.07) is 0.698. The smallest absolute Gasteiger partial charge is 0.203 e. The average molecular weight is 236 g/mol.